The Morgan fingerprint density at radius 1 is 1.04 bits per heavy atom. The van der Waals surface area contributed by atoms with Crippen molar-refractivity contribution in [2.24, 2.45) is 0 Å². The zero-order valence-electron chi connectivity index (χ0n) is 14.7. The first kappa shape index (κ1) is 20.0. The lowest BCUT2D eigenvalue weighted by atomic mass is 10.1. The average Bonchev–Trinajstić information content (AvgIpc) is 3.04. The lowest BCUT2D eigenvalue weighted by Gasteiger charge is -2.06. The highest BCUT2D eigenvalue weighted by Gasteiger charge is 2.27. The van der Waals surface area contributed by atoms with Gasteiger partial charge in [0.1, 0.15) is 13.2 Å². The van der Waals surface area contributed by atoms with Crippen molar-refractivity contribution < 1.29 is 22.7 Å². The number of hydrogen-bond donors (Lipinski definition) is 1. The van der Waals surface area contributed by atoms with Crippen LogP contribution in [0.15, 0.2) is 60.7 Å². The maximum Gasteiger partial charge on any atom is 0.411 e. The second-order valence-corrected chi connectivity index (χ2v) is 6.98. The Hall–Kier alpha value is -2.71. The Morgan fingerprint density at radius 3 is 2.32 bits per heavy atom. The van der Waals surface area contributed by atoms with E-state index in [0.29, 0.717) is 11.6 Å². The predicted molar refractivity (Wildman–Crippen MR) is 102 cm³/mol. The van der Waals surface area contributed by atoms with Crippen LogP contribution in [0.5, 0.6) is 0 Å². The predicted octanol–water partition coefficient (Wildman–Crippen LogP) is 4.92. The summed E-state index contributed by atoms with van der Waals surface area (Å²) in [6.07, 6.45) is -3.90. The molecule has 1 aromatic heterocycles. The standard InChI is InChI=1S/C20H17F3N2O2S/c21-20(22,23)13-27-12-17(26)25-19-24-16(11-14-7-3-1-4-8-14)18(28-19)15-9-5-2-6-10-15/h1-10H,11-13H2,(H,24,25,26). The zero-order valence-corrected chi connectivity index (χ0v) is 15.5. The van der Waals surface area contributed by atoms with Crippen LogP contribution in [-0.4, -0.2) is 30.3 Å². The van der Waals surface area contributed by atoms with Crippen molar-refractivity contribution in [1.82, 2.24) is 4.98 Å². The molecule has 8 heteroatoms. The lowest BCUT2D eigenvalue weighted by molar-refractivity contribution is -0.174. The smallest absolute Gasteiger partial charge is 0.362 e. The van der Waals surface area contributed by atoms with Gasteiger partial charge < -0.3 is 4.74 Å². The third-order valence-electron chi connectivity index (χ3n) is 3.69. The van der Waals surface area contributed by atoms with Crippen LogP contribution in [0, 0.1) is 0 Å². The van der Waals surface area contributed by atoms with E-state index < -0.39 is 25.3 Å². The third-order valence-corrected chi connectivity index (χ3v) is 4.76. The van der Waals surface area contributed by atoms with Crippen LogP contribution in [-0.2, 0) is 16.0 Å². The topological polar surface area (TPSA) is 51.2 Å². The third kappa shape index (κ3) is 5.90. The Morgan fingerprint density at radius 2 is 1.68 bits per heavy atom. The molecule has 0 saturated heterocycles. The molecule has 0 bridgehead atoms. The van der Waals surface area contributed by atoms with Crippen LogP contribution in [0.3, 0.4) is 0 Å². The number of nitrogens with zero attached hydrogens (tertiary/aromatic N) is 1. The summed E-state index contributed by atoms with van der Waals surface area (Å²) in [7, 11) is 0. The first-order chi connectivity index (χ1) is 13.4. The Bertz CT molecular complexity index is 912. The summed E-state index contributed by atoms with van der Waals surface area (Å²) in [4.78, 5) is 17.3. The largest absolute Gasteiger partial charge is 0.411 e. The van der Waals surface area contributed by atoms with E-state index in [2.05, 4.69) is 15.0 Å². The summed E-state index contributed by atoms with van der Waals surface area (Å²) < 4.78 is 40.7. The number of hydrogen-bond acceptors (Lipinski definition) is 4. The van der Waals surface area contributed by atoms with Crippen LogP contribution in [0.4, 0.5) is 18.3 Å². The highest BCUT2D eigenvalue weighted by Crippen LogP contribution is 2.34. The van der Waals surface area contributed by atoms with E-state index in [1.54, 1.807) is 0 Å². The number of aromatic nitrogens is 1. The first-order valence-electron chi connectivity index (χ1n) is 8.44. The molecule has 0 atom stereocenters. The van der Waals surface area contributed by atoms with E-state index in [1.165, 1.54) is 11.3 Å². The van der Waals surface area contributed by atoms with Gasteiger partial charge in [-0.3, -0.25) is 10.1 Å². The number of anilines is 1. The number of benzene rings is 2. The molecular formula is C20H17F3N2O2S. The van der Waals surface area contributed by atoms with Gasteiger partial charge >= 0.3 is 6.18 Å². The highest BCUT2D eigenvalue weighted by atomic mass is 32.1. The quantitative estimate of drug-likeness (QED) is 0.606. The molecule has 3 aromatic rings. The van der Waals surface area contributed by atoms with Crippen molar-refractivity contribution in [2.75, 3.05) is 18.5 Å². The van der Waals surface area contributed by atoms with Gasteiger partial charge in [0, 0.05) is 6.42 Å². The first-order valence-corrected chi connectivity index (χ1v) is 9.26. The summed E-state index contributed by atoms with van der Waals surface area (Å²) >= 11 is 1.28. The Kier molecular flexibility index (Phi) is 6.43. The fourth-order valence-electron chi connectivity index (χ4n) is 2.54. The number of thiazole rings is 1. The molecule has 1 heterocycles. The molecule has 1 N–H and O–H groups in total. The van der Waals surface area contributed by atoms with Crippen LogP contribution in [0.2, 0.25) is 0 Å². The monoisotopic (exact) mass is 406 g/mol. The Balaban J connectivity index is 1.76. The van der Waals surface area contributed by atoms with Gasteiger partial charge in [-0.1, -0.05) is 72.0 Å². The van der Waals surface area contributed by atoms with Gasteiger partial charge in [0.25, 0.3) is 5.91 Å². The minimum absolute atomic E-state index is 0.324. The van der Waals surface area contributed by atoms with Gasteiger partial charge in [-0.05, 0) is 11.1 Å². The molecule has 0 aliphatic rings. The molecule has 4 nitrogen and oxygen atoms in total. The van der Waals surface area contributed by atoms with Gasteiger partial charge in [-0.25, -0.2) is 4.98 Å². The second kappa shape index (κ2) is 8.99. The number of rotatable bonds is 7. The van der Waals surface area contributed by atoms with Crippen molar-refractivity contribution in [3.05, 3.63) is 71.9 Å². The van der Waals surface area contributed by atoms with Crippen LogP contribution in [0.1, 0.15) is 11.3 Å². The SMILES string of the molecule is O=C(COCC(F)(F)F)Nc1nc(Cc2ccccc2)c(-c2ccccc2)s1. The zero-order chi connectivity index (χ0) is 20.0. The van der Waals surface area contributed by atoms with E-state index in [4.69, 9.17) is 0 Å². The molecule has 0 aliphatic heterocycles. The number of nitrogens with one attached hydrogen (secondary N) is 1. The molecule has 2 aromatic carbocycles. The van der Waals surface area contributed by atoms with Crippen molar-refractivity contribution in [1.29, 1.82) is 0 Å². The van der Waals surface area contributed by atoms with E-state index >= 15 is 0 Å². The van der Waals surface area contributed by atoms with Gasteiger partial charge in [-0.15, -0.1) is 0 Å². The summed E-state index contributed by atoms with van der Waals surface area (Å²) in [6, 6.07) is 19.4. The molecule has 1 amide bonds. The molecule has 0 saturated carbocycles. The van der Waals surface area contributed by atoms with Crippen molar-refractivity contribution >= 4 is 22.4 Å². The van der Waals surface area contributed by atoms with E-state index in [-0.39, 0.29) is 0 Å². The summed E-state index contributed by atoms with van der Waals surface area (Å²) in [5, 5.41) is 2.85. The van der Waals surface area contributed by atoms with Gasteiger partial charge in [0.15, 0.2) is 5.13 Å². The maximum atomic E-state index is 12.1. The summed E-state index contributed by atoms with van der Waals surface area (Å²) in [5.74, 6) is -0.677. The summed E-state index contributed by atoms with van der Waals surface area (Å²) in [6.45, 7) is -2.15. The molecule has 0 aliphatic carbocycles. The number of amides is 1. The van der Waals surface area contributed by atoms with E-state index in [9.17, 15) is 18.0 Å². The molecule has 3 rings (SSSR count). The number of ether oxygens (including phenoxy) is 1. The number of carbonyl (C=O) groups excluding carboxylic acids is 1. The van der Waals surface area contributed by atoms with Gasteiger partial charge in [-0.2, -0.15) is 13.2 Å². The minimum atomic E-state index is -4.47. The van der Waals surface area contributed by atoms with Gasteiger partial charge in [0.05, 0.1) is 10.6 Å². The number of alkyl halides is 3. The van der Waals surface area contributed by atoms with Crippen molar-refractivity contribution in [3.8, 4) is 10.4 Å². The number of carbonyl (C=O) groups is 1. The van der Waals surface area contributed by atoms with Crippen LogP contribution < -0.4 is 5.32 Å². The highest BCUT2D eigenvalue weighted by molar-refractivity contribution is 7.19. The van der Waals surface area contributed by atoms with Crippen LogP contribution in [0.25, 0.3) is 10.4 Å². The molecule has 146 valence electrons. The molecule has 0 fully saturated rings. The van der Waals surface area contributed by atoms with Gasteiger partial charge in [0.2, 0.25) is 0 Å². The molecule has 0 spiro atoms. The molecule has 0 radical (unpaired) electrons. The normalized spacial score (nSPS) is 11.4. The van der Waals surface area contributed by atoms with E-state index in [0.717, 1.165) is 21.7 Å². The fourth-order valence-corrected chi connectivity index (χ4v) is 3.55. The summed E-state index contributed by atoms with van der Waals surface area (Å²) in [5.41, 5.74) is 2.81. The van der Waals surface area contributed by atoms with Crippen molar-refractivity contribution in [3.63, 3.8) is 0 Å². The molecule has 0 unspecified atom stereocenters. The van der Waals surface area contributed by atoms with Crippen molar-refractivity contribution in [2.45, 2.75) is 12.6 Å². The number of halogens is 3. The molecular weight excluding hydrogens is 389 g/mol. The molecule has 28 heavy (non-hydrogen) atoms. The average molecular weight is 406 g/mol. The maximum absolute atomic E-state index is 12.1. The minimum Gasteiger partial charge on any atom is -0.362 e. The second-order valence-electron chi connectivity index (χ2n) is 5.98. The lowest BCUT2D eigenvalue weighted by Crippen LogP contribution is -2.23. The van der Waals surface area contributed by atoms with E-state index in [1.807, 2.05) is 60.7 Å². The fraction of sp³-hybridized carbons (Fsp3) is 0.200. The Labute approximate surface area is 164 Å². The van der Waals surface area contributed by atoms with Crippen LogP contribution >= 0.6 is 11.3 Å².